The molecule has 1 aliphatic rings. The molecule has 2 atom stereocenters. The second-order valence-electron chi connectivity index (χ2n) is 12.4. The fraction of sp³-hybridized carbons (Fsp3) is 0.581. The van der Waals surface area contributed by atoms with Gasteiger partial charge in [-0.15, -0.1) is 0 Å². The fourth-order valence-electron chi connectivity index (χ4n) is 4.22. The summed E-state index contributed by atoms with van der Waals surface area (Å²) in [5.41, 5.74) is -0.848. The Morgan fingerprint density at radius 2 is 1.84 bits per heavy atom. The van der Waals surface area contributed by atoms with E-state index in [0.29, 0.717) is 32.4 Å². The Balaban J connectivity index is 1.45. The van der Waals surface area contributed by atoms with Crippen molar-refractivity contribution in [1.82, 2.24) is 19.4 Å². The van der Waals surface area contributed by atoms with Crippen molar-refractivity contribution in [3.63, 3.8) is 0 Å². The average Bonchev–Trinajstić information content (AvgIpc) is 3.40. The third-order valence-corrected chi connectivity index (χ3v) is 6.53. The highest BCUT2D eigenvalue weighted by atomic mass is 16.7. The molecule has 1 saturated heterocycles. The first-order valence-corrected chi connectivity index (χ1v) is 14.5. The summed E-state index contributed by atoms with van der Waals surface area (Å²) < 4.78 is 23.9. The van der Waals surface area contributed by atoms with E-state index in [1.54, 1.807) is 28.4 Å². The SMILES string of the molecule is CN(C)C=Nc1ccn(C2COC(COC(=O)C(C)(C)CCCCN(Cc3ccccc3)C(=O)OC(C)(C)C)O2)c(=O)n1. The van der Waals surface area contributed by atoms with E-state index < -0.39 is 29.2 Å². The summed E-state index contributed by atoms with van der Waals surface area (Å²) in [6, 6.07) is 11.4. The highest BCUT2D eigenvalue weighted by molar-refractivity contribution is 5.75. The number of hydrogen-bond donors (Lipinski definition) is 0. The van der Waals surface area contributed by atoms with Gasteiger partial charge >= 0.3 is 17.8 Å². The standard InChI is InChI=1S/C31H45N5O7/c1-30(2,3)43-29(39)35(19-23-13-9-8-10-14-23)17-12-11-16-31(4,5)27(37)41-21-26-40-20-25(42-26)36-18-15-24(33-28(36)38)32-22-34(6)7/h8-10,13-15,18,22,25-26H,11-12,16-17,19-21H2,1-7H3. The van der Waals surface area contributed by atoms with Crippen molar-refractivity contribution in [2.24, 2.45) is 10.4 Å². The highest BCUT2D eigenvalue weighted by Gasteiger charge is 2.33. The van der Waals surface area contributed by atoms with Gasteiger partial charge in [-0.05, 0) is 59.1 Å². The summed E-state index contributed by atoms with van der Waals surface area (Å²) in [7, 11) is 3.64. The molecule has 0 bridgehead atoms. The number of aromatic nitrogens is 2. The highest BCUT2D eigenvalue weighted by Crippen LogP contribution is 2.27. The minimum Gasteiger partial charge on any atom is -0.460 e. The van der Waals surface area contributed by atoms with Crippen LogP contribution in [0.3, 0.4) is 0 Å². The van der Waals surface area contributed by atoms with E-state index in [-0.39, 0.29) is 31.1 Å². The fourth-order valence-corrected chi connectivity index (χ4v) is 4.22. The van der Waals surface area contributed by atoms with Crippen molar-refractivity contribution in [1.29, 1.82) is 0 Å². The van der Waals surface area contributed by atoms with Crippen LogP contribution < -0.4 is 5.69 Å². The molecule has 236 valence electrons. The van der Waals surface area contributed by atoms with Crippen LogP contribution in [0, 0.1) is 5.41 Å². The molecule has 0 saturated carbocycles. The van der Waals surface area contributed by atoms with Crippen molar-refractivity contribution in [3.8, 4) is 0 Å². The van der Waals surface area contributed by atoms with Gasteiger partial charge < -0.3 is 28.7 Å². The van der Waals surface area contributed by atoms with Crippen LogP contribution >= 0.6 is 0 Å². The van der Waals surface area contributed by atoms with Gasteiger partial charge in [0.2, 0.25) is 0 Å². The molecule has 0 spiro atoms. The molecule has 1 aromatic heterocycles. The Hall–Kier alpha value is -3.77. The number of amides is 1. The number of aliphatic imine (C=N–C) groups is 1. The van der Waals surface area contributed by atoms with Crippen LogP contribution in [0.4, 0.5) is 10.6 Å². The molecule has 1 amide bonds. The lowest BCUT2D eigenvalue weighted by atomic mass is 9.87. The Bertz CT molecular complexity index is 1290. The predicted octanol–water partition coefficient (Wildman–Crippen LogP) is 4.51. The second-order valence-corrected chi connectivity index (χ2v) is 12.4. The maximum absolute atomic E-state index is 12.9. The monoisotopic (exact) mass is 599 g/mol. The van der Waals surface area contributed by atoms with Crippen molar-refractivity contribution in [3.05, 3.63) is 58.6 Å². The first-order chi connectivity index (χ1) is 20.2. The van der Waals surface area contributed by atoms with Crippen LogP contribution in [0.1, 0.15) is 65.7 Å². The zero-order valence-corrected chi connectivity index (χ0v) is 26.3. The predicted molar refractivity (Wildman–Crippen MR) is 162 cm³/mol. The topological polar surface area (TPSA) is 125 Å². The summed E-state index contributed by atoms with van der Waals surface area (Å²) in [6.07, 6.45) is 3.22. The smallest absolute Gasteiger partial charge is 0.410 e. The molecular weight excluding hydrogens is 554 g/mol. The van der Waals surface area contributed by atoms with Crippen LogP contribution in [-0.2, 0) is 30.3 Å². The quantitative estimate of drug-likeness (QED) is 0.141. The Morgan fingerprint density at radius 3 is 2.49 bits per heavy atom. The van der Waals surface area contributed by atoms with E-state index in [1.807, 2.05) is 79.0 Å². The maximum Gasteiger partial charge on any atom is 0.410 e. The number of rotatable bonds is 13. The molecule has 43 heavy (non-hydrogen) atoms. The number of carbonyl (C=O) groups is 2. The third kappa shape index (κ3) is 11.1. The summed E-state index contributed by atoms with van der Waals surface area (Å²) in [4.78, 5) is 49.7. The van der Waals surface area contributed by atoms with Crippen molar-refractivity contribution < 1.29 is 28.5 Å². The van der Waals surface area contributed by atoms with Crippen LogP contribution in [-0.4, -0.2) is 83.5 Å². The van der Waals surface area contributed by atoms with E-state index in [2.05, 4.69) is 9.98 Å². The molecule has 1 fully saturated rings. The van der Waals surface area contributed by atoms with Crippen LogP contribution in [0.25, 0.3) is 0 Å². The molecule has 2 heterocycles. The van der Waals surface area contributed by atoms with E-state index in [4.69, 9.17) is 18.9 Å². The molecule has 0 N–H and O–H groups in total. The molecule has 1 aromatic carbocycles. The zero-order chi connectivity index (χ0) is 31.6. The number of esters is 1. The van der Waals surface area contributed by atoms with Gasteiger partial charge in [0, 0.05) is 33.4 Å². The van der Waals surface area contributed by atoms with Gasteiger partial charge in [-0.1, -0.05) is 36.8 Å². The van der Waals surface area contributed by atoms with E-state index >= 15 is 0 Å². The zero-order valence-electron chi connectivity index (χ0n) is 26.3. The van der Waals surface area contributed by atoms with Gasteiger partial charge in [0.05, 0.1) is 18.4 Å². The van der Waals surface area contributed by atoms with Crippen LogP contribution in [0.5, 0.6) is 0 Å². The van der Waals surface area contributed by atoms with Gasteiger partial charge in [0.25, 0.3) is 0 Å². The number of benzene rings is 1. The van der Waals surface area contributed by atoms with Crippen LogP contribution in [0.2, 0.25) is 0 Å². The summed E-state index contributed by atoms with van der Waals surface area (Å²) in [6.45, 7) is 10.2. The van der Waals surface area contributed by atoms with Gasteiger partial charge in [-0.2, -0.15) is 4.98 Å². The number of carbonyl (C=O) groups excluding carboxylic acids is 2. The molecule has 1 aliphatic heterocycles. The molecule has 0 radical (unpaired) electrons. The largest absolute Gasteiger partial charge is 0.460 e. The lowest BCUT2D eigenvalue weighted by Gasteiger charge is -2.28. The van der Waals surface area contributed by atoms with Gasteiger partial charge in [0.15, 0.2) is 18.3 Å². The third-order valence-electron chi connectivity index (χ3n) is 6.53. The Kier molecular flexibility index (Phi) is 11.8. The number of hydrogen-bond acceptors (Lipinski definition) is 9. The Morgan fingerprint density at radius 1 is 1.12 bits per heavy atom. The van der Waals surface area contributed by atoms with Crippen molar-refractivity contribution in [2.75, 3.05) is 33.9 Å². The summed E-state index contributed by atoms with van der Waals surface area (Å²) in [5.74, 6) is -0.0892. The lowest BCUT2D eigenvalue weighted by Crippen LogP contribution is -2.37. The first-order valence-electron chi connectivity index (χ1n) is 14.5. The molecular formula is C31H45N5O7. The molecule has 2 unspecified atom stereocenters. The number of ether oxygens (including phenoxy) is 4. The van der Waals surface area contributed by atoms with Gasteiger partial charge in [-0.25, -0.2) is 14.6 Å². The minimum atomic E-state index is -0.802. The molecule has 2 aromatic rings. The van der Waals surface area contributed by atoms with Crippen molar-refractivity contribution >= 4 is 24.2 Å². The van der Waals surface area contributed by atoms with E-state index in [1.165, 1.54) is 4.57 Å². The van der Waals surface area contributed by atoms with Gasteiger partial charge in [-0.3, -0.25) is 9.36 Å². The summed E-state index contributed by atoms with van der Waals surface area (Å²) >= 11 is 0. The molecule has 3 rings (SSSR count). The van der Waals surface area contributed by atoms with Crippen molar-refractivity contribution in [2.45, 2.75) is 78.5 Å². The number of nitrogens with zero attached hydrogens (tertiary/aromatic N) is 5. The van der Waals surface area contributed by atoms with E-state index in [9.17, 15) is 14.4 Å². The normalized spacial score (nSPS) is 17.2. The average molecular weight is 600 g/mol. The molecule has 0 aliphatic carbocycles. The first kappa shape index (κ1) is 33.7. The number of unbranched alkanes of at least 4 members (excludes halogenated alkanes) is 1. The Labute approximate surface area is 253 Å². The molecule has 12 heteroatoms. The second kappa shape index (κ2) is 15.1. The lowest BCUT2D eigenvalue weighted by molar-refractivity contribution is -0.168. The van der Waals surface area contributed by atoms with Gasteiger partial charge in [0.1, 0.15) is 12.2 Å². The summed E-state index contributed by atoms with van der Waals surface area (Å²) in [5, 5.41) is 0. The molecule has 12 nitrogen and oxygen atoms in total. The van der Waals surface area contributed by atoms with E-state index in [0.717, 1.165) is 5.56 Å². The van der Waals surface area contributed by atoms with Crippen LogP contribution in [0.15, 0.2) is 52.4 Å². The maximum atomic E-state index is 12.9. The minimum absolute atomic E-state index is 0.102.